The Hall–Kier alpha value is -3.62. The van der Waals surface area contributed by atoms with Gasteiger partial charge < -0.3 is 14.5 Å². The van der Waals surface area contributed by atoms with Crippen molar-refractivity contribution < 1.29 is 22.7 Å². The van der Waals surface area contributed by atoms with Crippen molar-refractivity contribution in [3.63, 3.8) is 0 Å². The van der Waals surface area contributed by atoms with E-state index in [9.17, 15) is 18.0 Å². The first kappa shape index (κ1) is 23.5. The van der Waals surface area contributed by atoms with Crippen LogP contribution < -0.4 is 9.64 Å². The molecule has 34 heavy (non-hydrogen) atoms. The number of halogens is 3. The standard InChI is InChI=1S/C25H25F3N4O2/c1-17-6-7-19(14-18(17)2)22-8-9-23(30-29-22)31-10-12-32(13-11-31)24(33)16-34-21-5-3-4-20(15-21)25(26,27)28/h3-9,14-15H,10-13,16H2,1-2H3. The largest absolute Gasteiger partial charge is 0.484 e. The molecule has 3 aromatic rings. The summed E-state index contributed by atoms with van der Waals surface area (Å²) in [5, 5.41) is 8.72. The fraction of sp³-hybridized carbons (Fsp3) is 0.320. The van der Waals surface area contributed by atoms with Gasteiger partial charge in [0.05, 0.1) is 11.3 Å². The summed E-state index contributed by atoms with van der Waals surface area (Å²) < 4.78 is 43.8. The molecule has 1 aromatic heterocycles. The molecule has 0 aliphatic carbocycles. The predicted octanol–water partition coefficient (Wildman–Crippen LogP) is 4.51. The number of hydrogen-bond donors (Lipinski definition) is 0. The minimum Gasteiger partial charge on any atom is -0.484 e. The zero-order valence-corrected chi connectivity index (χ0v) is 19.0. The SMILES string of the molecule is Cc1ccc(-c2ccc(N3CCN(C(=O)COc4cccc(C(F)(F)F)c4)CC3)nn2)cc1C. The highest BCUT2D eigenvalue weighted by molar-refractivity contribution is 5.78. The molecule has 1 amide bonds. The molecule has 0 atom stereocenters. The number of carbonyl (C=O) groups is 1. The number of amides is 1. The third-order valence-electron chi connectivity index (χ3n) is 5.93. The van der Waals surface area contributed by atoms with Gasteiger partial charge in [0.15, 0.2) is 12.4 Å². The minimum atomic E-state index is -4.46. The van der Waals surface area contributed by atoms with Crippen LogP contribution in [0.2, 0.25) is 0 Å². The van der Waals surface area contributed by atoms with Crippen LogP contribution in [0.1, 0.15) is 16.7 Å². The van der Waals surface area contributed by atoms with Crippen LogP contribution in [-0.2, 0) is 11.0 Å². The third-order valence-corrected chi connectivity index (χ3v) is 5.93. The van der Waals surface area contributed by atoms with E-state index in [4.69, 9.17) is 4.74 Å². The van der Waals surface area contributed by atoms with Gasteiger partial charge in [-0.15, -0.1) is 10.2 Å². The number of benzene rings is 2. The van der Waals surface area contributed by atoms with E-state index in [0.29, 0.717) is 26.2 Å². The van der Waals surface area contributed by atoms with Crippen molar-refractivity contribution in [2.45, 2.75) is 20.0 Å². The molecule has 2 aromatic carbocycles. The molecular formula is C25H25F3N4O2. The Morgan fingerprint density at radius 3 is 2.35 bits per heavy atom. The van der Waals surface area contributed by atoms with Gasteiger partial charge in [0.2, 0.25) is 0 Å². The summed E-state index contributed by atoms with van der Waals surface area (Å²) in [7, 11) is 0. The van der Waals surface area contributed by atoms with Gasteiger partial charge in [-0.05, 0) is 61.4 Å². The van der Waals surface area contributed by atoms with Crippen molar-refractivity contribution in [1.29, 1.82) is 0 Å². The number of aromatic nitrogens is 2. The second-order valence-electron chi connectivity index (χ2n) is 8.26. The van der Waals surface area contributed by atoms with Crippen molar-refractivity contribution in [3.8, 4) is 17.0 Å². The maximum absolute atomic E-state index is 12.8. The van der Waals surface area contributed by atoms with Gasteiger partial charge >= 0.3 is 6.18 Å². The molecule has 1 fully saturated rings. The second-order valence-corrected chi connectivity index (χ2v) is 8.26. The van der Waals surface area contributed by atoms with E-state index in [0.717, 1.165) is 29.2 Å². The van der Waals surface area contributed by atoms with Gasteiger partial charge in [0, 0.05) is 31.7 Å². The first-order chi connectivity index (χ1) is 16.2. The zero-order chi connectivity index (χ0) is 24.3. The normalized spacial score (nSPS) is 14.3. The van der Waals surface area contributed by atoms with Gasteiger partial charge in [0.25, 0.3) is 5.91 Å². The topological polar surface area (TPSA) is 58.6 Å². The predicted molar refractivity (Wildman–Crippen MR) is 123 cm³/mol. The molecule has 1 saturated heterocycles. The molecule has 0 radical (unpaired) electrons. The number of ether oxygens (including phenoxy) is 1. The van der Waals surface area contributed by atoms with Crippen LogP contribution in [0.4, 0.5) is 19.0 Å². The first-order valence-corrected chi connectivity index (χ1v) is 10.9. The van der Waals surface area contributed by atoms with E-state index in [2.05, 4.69) is 41.1 Å². The van der Waals surface area contributed by atoms with E-state index in [1.165, 1.54) is 23.3 Å². The van der Waals surface area contributed by atoms with Crippen molar-refractivity contribution >= 4 is 11.7 Å². The number of alkyl halides is 3. The molecule has 4 rings (SSSR count). The van der Waals surface area contributed by atoms with Crippen molar-refractivity contribution in [1.82, 2.24) is 15.1 Å². The molecule has 1 aliphatic heterocycles. The Bertz CT molecular complexity index is 1160. The van der Waals surface area contributed by atoms with Gasteiger partial charge in [-0.2, -0.15) is 13.2 Å². The Labute approximate surface area is 196 Å². The summed E-state index contributed by atoms with van der Waals surface area (Å²) in [5.74, 6) is 0.481. The van der Waals surface area contributed by atoms with Crippen LogP contribution in [0.3, 0.4) is 0 Å². The number of carbonyl (C=O) groups excluding carboxylic acids is 1. The van der Waals surface area contributed by atoms with Gasteiger partial charge in [-0.25, -0.2) is 0 Å². The van der Waals surface area contributed by atoms with Gasteiger partial charge in [-0.1, -0.05) is 18.2 Å². The van der Waals surface area contributed by atoms with E-state index in [1.54, 1.807) is 4.90 Å². The number of anilines is 1. The van der Waals surface area contributed by atoms with Crippen molar-refractivity contribution in [3.05, 3.63) is 71.3 Å². The molecule has 178 valence electrons. The average molecular weight is 470 g/mol. The number of piperazine rings is 1. The van der Waals surface area contributed by atoms with Crippen molar-refractivity contribution in [2.75, 3.05) is 37.7 Å². The molecule has 9 heteroatoms. The zero-order valence-electron chi connectivity index (χ0n) is 19.0. The van der Waals surface area contributed by atoms with Crippen molar-refractivity contribution in [2.24, 2.45) is 0 Å². The molecular weight excluding hydrogens is 445 g/mol. The van der Waals surface area contributed by atoms with Crippen LogP contribution in [0.15, 0.2) is 54.6 Å². The fourth-order valence-corrected chi connectivity index (χ4v) is 3.73. The summed E-state index contributed by atoms with van der Waals surface area (Å²) in [6, 6.07) is 14.6. The lowest BCUT2D eigenvalue weighted by atomic mass is 10.0. The lowest BCUT2D eigenvalue weighted by Gasteiger charge is -2.35. The Kier molecular flexibility index (Phi) is 6.72. The summed E-state index contributed by atoms with van der Waals surface area (Å²) in [6.07, 6.45) is -4.46. The number of nitrogens with zero attached hydrogens (tertiary/aromatic N) is 4. The molecule has 1 aliphatic rings. The minimum absolute atomic E-state index is 0.0148. The quantitative estimate of drug-likeness (QED) is 0.549. The maximum atomic E-state index is 12.8. The number of aryl methyl sites for hydroxylation is 2. The molecule has 0 bridgehead atoms. The van der Waals surface area contributed by atoms with Crippen LogP contribution in [-0.4, -0.2) is 53.8 Å². The Balaban J connectivity index is 1.30. The van der Waals surface area contributed by atoms with E-state index in [-0.39, 0.29) is 18.3 Å². The third kappa shape index (κ3) is 5.47. The Morgan fingerprint density at radius 2 is 1.71 bits per heavy atom. The summed E-state index contributed by atoms with van der Waals surface area (Å²) in [5.41, 5.74) is 3.42. The van der Waals surface area contributed by atoms with Crippen LogP contribution in [0, 0.1) is 13.8 Å². The average Bonchev–Trinajstić information content (AvgIpc) is 2.84. The summed E-state index contributed by atoms with van der Waals surface area (Å²) in [4.78, 5) is 16.2. The Morgan fingerprint density at radius 1 is 0.941 bits per heavy atom. The highest BCUT2D eigenvalue weighted by atomic mass is 19.4. The summed E-state index contributed by atoms with van der Waals surface area (Å²) >= 11 is 0. The molecule has 0 saturated carbocycles. The lowest BCUT2D eigenvalue weighted by Crippen LogP contribution is -2.50. The van der Waals surface area contributed by atoms with E-state index in [1.807, 2.05) is 18.2 Å². The highest BCUT2D eigenvalue weighted by Gasteiger charge is 2.30. The van der Waals surface area contributed by atoms with Gasteiger partial charge in [-0.3, -0.25) is 4.79 Å². The molecule has 0 spiro atoms. The summed E-state index contributed by atoms with van der Waals surface area (Å²) in [6.45, 7) is 5.89. The van der Waals surface area contributed by atoms with Crippen LogP contribution >= 0.6 is 0 Å². The van der Waals surface area contributed by atoms with Crippen LogP contribution in [0.25, 0.3) is 11.3 Å². The smallest absolute Gasteiger partial charge is 0.416 e. The molecule has 2 heterocycles. The molecule has 0 unspecified atom stereocenters. The van der Waals surface area contributed by atoms with Crippen LogP contribution in [0.5, 0.6) is 5.75 Å². The van der Waals surface area contributed by atoms with Gasteiger partial charge in [0.1, 0.15) is 5.75 Å². The highest BCUT2D eigenvalue weighted by Crippen LogP contribution is 2.31. The van der Waals surface area contributed by atoms with E-state index < -0.39 is 11.7 Å². The fourth-order valence-electron chi connectivity index (χ4n) is 3.73. The first-order valence-electron chi connectivity index (χ1n) is 10.9. The number of rotatable bonds is 5. The lowest BCUT2D eigenvalue weighted by molar-refractivity contribution is -0.137. The molecule has 0 N–H and O–H groups in total. The second kappa shape index (κ2) is 9.70. The maximum Gasteiger partial charge on any atom is 0.416 e. The molecule has 6 nitrogen and oxygen atoms in total. The monoisotopic (exact) mass is 470 g/mol. The van der Waals surface area contributed by atoms with E-state index >= 15 is 0 Å². The number of hydrogen-bond acceptors (Lipinski definition) is 5.